The zero-order valence-corrected chi connectivity index (χ0v) is 34.6. The van der Waals surface area contributed by atoms with Crippen molar-refractivity contribution in [1.82, 2.24) is 0 Å². The van der Waals surface area contributed by atoms with Crippen LogP contribution in [0.4, 0.5) is 17.1 Å². The maximum atomic E-state index is 2.50. The van der Waals surface area contributed by atoms with Gasteiger partial charge in [0.25, 0.3) is 0 Å². The van der Waals surface area contributed by atoms with Crippen LogP contribution in [0.5, 0.6) is 0 Å². The molecule has 0 radical (unpaired) electrons. The number of anilines is 3. The summed E-state index contributed by atoms with van der Waals surface area (Å²) in [6.07, 6.45) is 2.04. The molecule has 1 aliphatic carbocycles. The molecule has 0 spiro atoms. The molecule has 1 atom stereocenters. The first-order valence-corrected chi connectivity index (χ1v) is 21.3. The van der Waals surface area contributed by atoms with E-state index in [9.17, 15) is 0 Å². The van der Waals surface area contributed by atoms with Gasteiger partial charge in [0.2, 0.25) is 0 Å². The molecule has 9 aromatic carbocycles. The van der Waals surface area contributed by atoms with Crippen LogP contribution in [-0.4, -0.2) is 0 Å². The van der Waals surface area contributed by atoms with Crippen molar-refractivity contribution >= 4 is 27.8 Å². The Morgan fingerprint density at radius 3 is 1.80 bits per heavy atom. The van der Waals surface area contributed by atoms with Crippen molar-refractivity contribution in [2.75, 3.05) is 4.90 Å². The van der Waals surface area contributed by atoms with E-state index in [-0.39, 0.29) is 5.41 Å². The molecule has 0 fully saturated rings. The van der Waals surface area contributed by atoms with Crippen LogP contribution < -0.4 is 4.90 Å². The Morgan fingerprint density at radius 1 is 0.450 bits per heavy atom. The number of fused-ring (bicyclic) bond motifs is 4. The van der Waals surface area contributed by atoms with Crippen molar-refractivity contribution in [1.29, 1.82) is 0 Å². The molecule has 0 heterocycles. The first-order valence-electron chi connectivity index (χ1n) is 21.3. The number of rotatable bonds is 10. The Morgan fingerprint density at radius 2 is 1.03 bits per heavy atom. The fourth-order valence-corrected chi connectivity index (χ4v) is 9.65. The molecule has 0 saturated carbocycles. The highest BCUT2D eigenvalue weighted by molar-refractivity contribution is 5.88. The van der Waals surface area contributed by atoms with E-state index in [0.29, 0.717) is 5.92 Å². The van der Waals surface area contributed by atoms with Gasteiger partial charge < -0.3 is 4.90 Å². The van der Waals surface area contributed by atoms with Crippen LogP contribution in [0.3, 0.4) is 0 Å². The van der Waals surface area contributed by atoms with Crippen molar-refractivity contribution in [3.05, 3.63) is 246 Å². The lowest BCUT2D eigenvalue weighted by atomic mass is 9.80. The summed E-state index contributed by atoms with van der Waals surface area (Å²) in [5.41, 5.74) is 19.1. The summed E-state index contributed by atoms with van der Waals surface area (Å²) >= 11 is 0. The SMILES string of the molecule is Cc1cccc(N(c2ccc(-c3cccc(-c4ccccc4)c3)cc2)c2ccc3c(c2)C(C)(C)c2cc(CCC(c4ccccc4)c4cccc5ccccc45)ccc2-3)c1. The maximum absolute atomic E-state index is 2.50. The van der Waals surface area contributed by atoms with Gasteiger partial charge in [-0.1, -0.05) is 184 Å². The lowest BCUT2D eigenvalue weighted by Gasteiger charge is -2.28. The number of hydrogen-bond acceptors (Lipinski definition) is 1. The molecule has 0 aromatic heterocycles. The van der Waals surface area contributed by atoms with Crippen LogP contribution in [0.2, 0.25) is 0 Å². The van der Waals surface area contributed by atoms with Crippen LogP contribution in [-0.2, 0) is 11.8 Å². The minimum atomic E-state index is -0.156. The summed E-state index contributed by atoms with van der Waals surface area (Å²) in [6, 6.07) is 78.5. The molecule has 9 aromatic rings. The van der Waals surface area contributed by atoms with E-state index in [0.717, 1.165) is 24.2 Å². The molecule has 1 nitrogen and oxygen atoms in total. The van der Waals surface area contributed by atoms with Gasteiger partial charge in [-0.05, 0) is 140 Å². The Bertz CT molecular complexity index is 2950. The van der Waals surface area contributed by atoms with E-state index in [1.165, 1.54) is 83.2 Å². The van der Waals surface area contributed by atoms with Crippen molar-refractivity contribution in [2.45, 2.75) is 44.9 Å². The van der Waals surface area contributed by atoms with Crippen molar-refractivity contribution in [2.24, 2.45) is 0 Å². The van der Waals surface area contributed by atoms with Crippen molar-refractivity contribution in [3.63, 3.8) is 0 Å². The highest BCUT2D eigenvalue weighted by atomic mass is 15.1. The zero-order chi connectivity index (χ0) is 40.6. The van der Waals surface area contributed by atoms with Gasteiger partial charge in [-0.3, -0.25) is 0 Å². The van der Waals surface area contributed by atoms with Gasteiger partial charge in [-0.2, -0.15) is 0 Å². The molecule has 10 rings (SSSR count). The molecule has 0 saturated heterocycles. The van der Waals surface area contributed by atoms with E-state index < -0.39 is 0 Å². The molecule has 0 N–H and O–H groups in total. The van der Waals surface area contributed by atoms with Crippen LogP contribution >= 0.6 is 0 Å². The van der Waals surface area contributed by atoms with Gasteiger partial charge in [0.15, 0.2) is 0 Å². The van der Waals surface area contributed by atoms with E-state index in [1.54, 1.807) is 0 Å². The van der Waals surface area contributed by atoms with Crippen molar-refractivity contribution < 1.29 is 0 Å². The van der Waals surface area contributed by atoms with Crippen LogP contribution in [0.25, 0.3) is 44.2 Å². The van der Waals surface area contributed by atoms with Gasteiger partial charge in [-0.15, -0.1) is 0 Å². The number of aryl methyl sites for hydroxylation is 2. The lowest BCUT2D eigenvalue weighted by Crippen LogP contribution is -2.17. The first-order chi connectivity index (χ1) is 29.4. The Labute approximate surface area is 355 Å². The van der Waals surface area contributed by atoms with E-state index in [4.69, 9.17) is 0 Å². The standard InChI is InChI=1S/C59H49N/c1-41-15-12-24-50(37-41)60(49-31-29-44(30-32-49)48-23-13-22-47(39-48)43-16-6-4-7-17-43)51-33-36-56-55-35-28-42(38-57(55)59(2,3)58(56)40-51)27-34-53(45-18-8-5-9-19-45)54-26-14-21-46-20-10-11-25-52(46)54/h4-26,28-33,35-40,53H,27,34H2,1-3H3. The average Bonchev–Trinajstić information content (AvgIpc) is 3.52. The smallest absolute Gasteiger partial charge is 0.0465 e. The number of benzene rings is 9. The van der Waals surface area contributed by atoms with E-state index >= 15 is 0 Å². The molecule has 1 aliphatic rings. The number of hydrogen-bond donors (Lipinski definition) is 0. The second-order valence-electron chi connectivity index (χ2n) is 17.0. The number of nitrogens with zero attached hydrogens (tertiary/aromatic N) is 1. The Balaban J connectivity index is 0.963. The van der Waals surface area contributed by atoms with Crippen LogP contribution in [0, 0.1) is 6.92 Å². The molecule has 290 valence electrons. The zero-order valence-electron chi connectivity index (χ0n) is 34.6. The van der Waals surface area contributed by atoms with E-state index in [2.05, 4.69) is 238 Å². The summed E-state index contributed by atoms with van der Waals surface area (Å²) in [5.74, 6) is 0.305. The average molecular weight is 772 g/mol. The van der Waals surface area contributed by atoms with Gasteiger partial charge >= 0.3 is 0 Å². The largest absolute Gasteiger partial charge is 0.310 e. The summed E-state index contributed by atoms with van der Waals surface area (Å²) in [7, 11) is 0. The second kappa shape index (κ2) is 15.7. The van der Waals surface area contributed by atoms with E-state index in [1.807, 2.05) is 0 Å². The summed E-state index contributed by atoms with van der Waals surface area (Å²) in [5, 5.41) is 2.65. The third-order valence-corrected chi connectivity index (χ3v) is 12.8. The summed E-state index contributed by atoms with van der Waals surface area (Å²) in [4.78, 5) is 2.42. The molecule has 60 heavy (non-hydrogen) atoms. The van der Waals surface area contributed by atoms with Gasteiger partial charge in [0.05, 0.1) is 0 Å². The fourth-order valence-electron chi connectivity index (χ4n) is 9.65. The molecule has 0 bridgehead atoms. The highest BCUT2D eigenvalue weighted by Gasteiger charge is 2.36. The lowest BCUT2D eigenvalue weighted by molar-refractivity contribution is 0.657. The Kier molecular flexibility index (Phi) is 9.74. The van der Waals surface area contributed by atoms with Crippen molar-refractivity contribution in [3.8, 4) is 33.4 Å². The third-order valence-electron chi connectivity index (χ3n) is 12.8. The molecule has 1 heteroatoms. The predicted molar refractivity (Wildman–Crippen MR) is 255 cm³/mol. The minimum absolute atomic E-state index is 0.156. The minimum Gasteiger partial charge on any atom is -0.310 e. The second-order valence-corrected chi connectivity index (χ2v) is 17.0. The summed E-state index contributed by atoms with van der Waals surface area (Å²) in [6.45, 7) is 6.99. The normalized spacial score (nSPS) is 13.1. The molecular formula is C59H49N. The molecule has 0 amide bonds. The third kappa shape index (κ3) is 7.01. The fraction of sp³-hybridized carbons (Fsp3) is 0.119. The predicted octanol–water partition coefficient (Wildman–Crippen LogP) is 16.0. The highest BCUT2D eigenvalue weighted by Crippen LogP contribution is 2.51. The first kappa shape index (κ1) is 37.3. The Hall–Kier alpha value is -6.96. The van der Waals surface area contributed by atoms with Gasteiger partial charge in [0.1, 0.15) is 0 Å². The van der Waals surface area contributed by atoms with Crippen LogP contribution in [0.1, 0.15) is 59.6 Å². The van der Waals surface area contributed by atoms with Gasteiger partial charge in [0, 0.05) is 28.4 Å². The molecular weight excluding hydrogens is 723 g/mol. The maximum Gasteiger partial charge on any atom is 0.0465 e. The van der Waals surface area contributed by atoms with Gasteiger partial charge in [-0.25, -0.2) is 0 Å². The molecule has 1 unspecified atom stereocenters. The monoisotopic (exact) mass is 771 g/mol. The topological polar surface area (TPSA) is 3.24 Å². The summed E-state index contributed by atoms with van der Waals surface area (Å²) < 4.78 is 0. The van der Waals surface area contributed by atoms with Crippen LogP contribution in [0.15, 0.2) is 212 Å². The molecule has 0 aliphatic heterocycles. The quantitative estimate of drug-likeness (QED) is 0.134.